The van der Waals surface area contributed by atoms with Crippen molar-refractivity contribution in [2.75, 3.05) is 32.0 Å². The minimum atomic E-state index is -0.536. The Labute approximate surface area is 171 Å². The number of nitrogens with one attached hydrogen (secondary N) is 1. The number of carbonyl (C=O) groups is 2. The predicted molar refractivity (Wildman–Crippen MR) is 112 cm³/mol. The van der Waals surface area contributed by atoms with E-state index in [4.69, 9.17) is 4.74 Å². The maximum absolute atomic E-state index is 13.3. The second-order valence-corrected chi connectivity index (χ2v) is 7.78. The van der Waals surface area contributed by atoms with Crippen LogP contribution in [-0.4, -0.2) is 54.9 Å². The highest BCUT2D eigenvalue weighted by Gasteiger charge is 2.35. The highest BCUT2D eigenvalue weighted by atomic mass is 16.5. The number of anilines is 1. The Hall–Kier alpha value is -2.86. The summed E-state index contributed by atoms with van der Waals surface area (Å²) in [5.74, 6) is 0.697. The third-order valence-corrected chi connectivity index (χ3v) is 5.87. The Morgan fingerprint density at radius 1 is 1.24 bits per heavy atom. The van der Waals surface area contributed by atoms with Crippen LogP contribution in [0, 0.1) is 0 Å². The molecule has 2 atom stereocenters. The van der Waals surface area contributed by atoms with E-state index >= 15 is 0 Å². The molecule has 1 N–H and O–H groups in total. The normalized spacial score (nSPS) is 19.3. The molecule has 0 aliphatic carbocycles. The highest BCUT2D eigenvalue weighted by molar-refractivity contribution is 5.83. The van der Waals surface area contributed by atoms with E-state index in [0.29, 0.717) is 24.3 Å². The van der Waals surface area contributed by atoms with E-state index in [1.54, 1.807) is 6.07 Å². The molecule has 0 saturated carbocycles. The average Bonchev–Trinajstić information content (AvgIpc) is 3.41. The van der Waals surface area contributed by atoms with Crippen LogP contribution in [0.5, 0.6) is 5.75 Å². The third kappa shape index (κ3) is 4.27. The number of carbonyl (C=O) groups excluding carboxylic acids is 2. The number of benzene rings is 2. The molecule has 4 rings (SSSR count). The molecule has 2 unspecified atom stereocenters. The first-order chi connectivity index (χ1) is 14.2. The molecule has 2 aromatic carbocycles. The number of nitrogens with zero attached hydrogens (tertiary/aromatic N) is 2. The maximum Gasteiger partial charge on any atom is 0.264 e. The van der Waals surface area contributed by atoms with Crippen molar-refractivity contribution >= 4 is 18.0 Å². The van der Waals surface area contributed by atoms with Crippen LogP contribution in [0.4, 0.5) is 5.69 Å². The van der Waals surface area contributed by atoms with Crippen molar-refractivity contribution in [1.82, 2.24) is 9.80 Å². The average molecular weight is 393 g/mol. The lowest BCUT2D eigenvalue weighted by Crippen LogP contribution is -2.44. The van der Waals surface area contributed by atoms with Crippen LogP contribution >= 0.6 is 0 Å². The van der Waals surface area contributed by atoms with Gasteiger partial charge in [0.1, 0.15) is 5.75 Å². The molecule has 0 bridgehead atoms. The Bertz CT molecular complexity index is 865. The lowest BCUT2D eigenvalue weighted by atomic mass is 10.0. The van der Waals surface area contributed by atoms with Gasteiger partial charge >= 0.3 is 0 Å². The fourth-order valence-electron chi connectivity index (χ4n) is 4.26. The van der Waals surface area contributed by atoms with E-state index in [-0.39, 0.29) is 11.9 Å². The van der Waals surface area contributed by atoms with E-state index in [1.165, 1.54) is 12.8 Å². The molecule has 2 aliphatic rings. The zero-order valence-corrected chi connectivity index (χ0v) is 16.7. The van der Waals surface area contributed by atoms with Crippen molar-refractivity contribution in [2.24, 2.45) is 0 Å². The number of hydrogen-bond acceptors (Lipinski definition) is 4. The molecular weight excluding hydrogens is 366 g/mol. The van der Waals surface area contributed by atoms with Crippen molar-refractivity contribution in [2.45, 2.75) is 31.4 Å². The van der Waals surface area contributed by atoms with Crippen LogP contribution in [0.15, 0.2) is 48.5 Å². The molecule has 0 spiro atoms. The van der Waals surface area contributed by atoms with Gasteiger partial charge in [-0.05, 0) is 49.7 Å². The first kappa shape index (κ1) is 19.5. The fraction of sp³-hybridized carbons (Fsp3) is 0.391. The molecule has 6 nitrogen and oxygen atoms in total. The van der Waals surface area contributed by atoms with Gasteiger partial charge in [-0.2, -0.15) is 0 Å². The number of rotatable bonds is 7. The fourth-order valence-corrected chi connectivity index (χ4v) is 4.26. The third-order valence-electron chi connectivity index (χ3n) is 5.87. The smallest absolute Gasteiger partial charge is 0.264 e. The predicted octanol–water partition coefficient (Wildman–Crippen LogP) is 2.85. The summed E-state index contributed by atoms with van der Waals surface area (Å²) < 4.78 is 5.96. The molecule has 0 aromatic heterocycles. The second kappa shape index (κ2) is 8.66. The molecule has 1 saturated heterocycles. The number of likely N-dealkylation sites (N-methyl/N-ethyl adjacent to an activating group) is 1. The molecule has 152 valence electrons. The van der Waals surface area contributed by atoms with E-state index in [0.717, 1.165) is 30.8 Å². The van der Waals surface area contributed by atoms with Gasteiger partial charge in [0.15, 0.2) is 6.10 Å². The summed E-state index contributed by atoms with van der Waals surface area (Å²) >= 11 is 0. The number of fused-ring (bicyclic) bond motifs is 1. The van der Waals surface area contributed by atoms with Crippen LogP contribution in [0.1, 0.15) is 30.0 Å². The van der Waals surface area contributed by atoms with Crippen molar-refractivity contribution in [3.63, 3.8) is 0 Å². The highest BCUT2D eigenvalue weighted by Crippen LogP contribution is 2.33. The van der Waals surface area contributed by atoms with Crippen LogP contribution in [0.2, 0.25) is 0 Å². The van der Waals surface area contributed by atoms with E-state index in [9.17, 15) is 9.59 Å². The van der Waals surface area contributed by atoms with Crippen molar-refractivity contribution in [3.05, 3.63) is 59.7 Å². The molecule has 2 heterocycles. The molecule has 1 fully saturated rings. The Morgan fingerprint density at radius 3 is 2.72 bits per heavy atom. The van der Waals surface area contributed by atoms with Gasteiger partial charge in [0, 0.05) is 31.3 Å². The van der Waals surface area contributed by atoms with Gasteiger partial charge in [0.05, 0.1) is 6.04 Å². The number of hydrogen-bond donors (Lipinski definition) is 1. The summed E-state index contributed by atoms with van der Waals surface area (Å²) in [6, 6.07) is 15.7. The van der Waals surface area contributed by atoms with Gasteiger partial charge in [-0.15, -0.1) is 0 Å². The summed E-state index contributed by atoms with van der Waals surface area (Å²) in [6.07, 6.45) is 3.06. The SMILES string of the molecule is CN(C(=O)C1Cc2cc(NC=O)ccc2O1)C(CN1CCCC1)c1ccccc1. The number of ether oxygens (including phenoxy) is 1. The van der Waals surface area contributed by atoms with Gasteiger partial charge < -0.3 is 19.9 Å². The number of likely N-dealkylation sites (tertiary alicyclic amines) is 1. The van der Waals surface area contributed by atoms with Crippen LogP contribution < -0.4 is 10.1 Å². The summed E-state index contributed by atoms with van der Waals surface area (Å²) in [5, 5.41) is 2.65. The number of amides is 2. The zero-order valence-electron chi connectivity index (χ0n) is 16.7. The van der Waals surface area contributed by atoms with Crippen LogP contribution in [0.25, 0.3) is 0 Å². The van der Waals surface area contributed by atoms with E-state index in [1.807, 2.05) is 42.3 Å². The molecule has 6 heteroatoms. The van der Waals surface area contributed by atoms with E-state index in [2.05, 4.69) is 22.3 Å². The standard InChI is InChI=1S/C23H27N3O3/c1-25(20(15-26-11-5-6-12-26)17-7-3-2-4-8-17)23(28)22-14-18-13-19(24-16-27)9-10-21(18)29-22/h2-4,7-10,13,16,20,22H,5-6,11-12,14-15H2,1H3,(H,24,27). The van der Waals surface area contributed by atoms with Crippen molar-refractivity contribution in [3.8, 4) is 5.75 Å². The molecule has 2 amide bonds. The molecule has 29 heavy (non-hydrogen) atoms. The topological polar surface area (TPSA) is 61.9 Å². The Balaban J connectivity index is 1.50. The van der Waals surface area contributed by atoms with Gasteiger partial charge in [0.2, 0.25) is 6.41 Å². The second-order valence-electron chi connectivity index (χ2n) is 7.78. The van der Waals surface area contributed by atoms with Gasteiger partial charge in [-0.1, -0.05) is 30.3 Å². The van der Waals surface area contributed by atoms with Crippen LogP contribution in [0.3, 0.4) is 0 Å². The largest absolute Gasteiger partial charge is 0.480 e. The first-order valence-electron chi connectivity index (χ1n) is 10.2. The van der Waals surface area contributed by atoms with Gasteiger partial charge in [0.25, 0.3) is 5.91 Å². The quantitative estimate of drug-likeness (QED) is 0.735. The monoisotopic (exact) mass is 393 g/mol. The Morgan fingerprint density at radius 2 is 2.00 bits per heavy atom. The van der Waals surface area contributed by atoms with Crippen molar-refractivity contribution in [1.29, 1.82) is 0 Å². The lowest BCUT2D eigenvalue weighted by Gasteiger charge is -2.33. The summed E-state index contributed by atoms with van der Waals surface area (Å²) in [6.45, 7) is 3.01. The lowest BCUT2D eigenvalue weighted by molar-refractivity contribution is -0.139. The summed E-state index contributed by atoms with van der Waals surface area (Å²) in [5.41, 5.74) is 2.79. The van der Waals surface area contributed by atoms with Crippen LogP contribution in [-0.2, 0) is 16.0 Å². The summed E-state index contributed by atoms with van der Waals surface area (Å²) in [4.78, 5) is 28.3. The molecule has 0 radical (unpaired) electrons. The maximum atomic E-state index is 13.3. The molecular formula is C23H27N3O3. The van der Waals surface area contributed by atoms with Crippen molar-refractivity contribution < 1.29 is 14.3 Å². The van der Waals surface area contributed by atoms with Gasteiger partial charge in [-0.3, -0.25) is 9.59 Å². The first-order valence-corrected chi connectivity index (χ1v) is 10.2. The Kier molecular flexibility index (Phi) is 5.81. The van der Waals surface area contributed by atoms with E-state index < -0.39 is 6.10 Å². The molecule has 2 aliphatic heterocycles. The summed E-state index contributed by atoms with van der Waals surface area (Å²) in [7, 11) is 1.88. The minimum Gasteiger partial charge on any atom is -0.480 e. The molecule has 2 aromatic rings. The minimum absolute atomic E-state index is 0.0126. The van der Waals surface area contributed by atoms with Gasteiger partial charge in [-0.25, -0.2) is 0 Å². The zero-order chi connectivity index (χ0) is 20.2.